The zero-order valence-electron chi connectivity index (χ0n) is 9.09. The Hall–Kier alpha value is -2.51. The van der Waals surface area contributed by atoms with Gasteiger partial charge >= 0.3 is 0 Å². The van der Waals surface area contributed by atoms with Crippen molar-refractivity contribution < 1.29 is 9.59 Å². The Morgan fingerprint density at radius 1 is 0.824 bits per heavy atom. The van der Waals surface area contributed by atoms with Crippen molar-refractivity contribution in [3.8, 4) is 0 Å². The van der Waals surface area contributed by atoms with Crippen LogP contribution in [-0.4, -0.2) is 11.9 Å². The van der Waals surface area contributed by atoms with Crippen LogP contribution >= 0.6 is 0 Å². The number of nitrogens with one attached hydrogen (secondary N) is 1. The summed E-state index contributed by atoms with van der Waals surface area (Å²) in [6.07, 6.45) is 0.750. The average molecular weight is 225 g/mol. The third-order valence-electron chi connectivity index (χ3n) is 2.07. The van der Waals surface area contributed by atoms with Crippen molar-refractivity contribution >= 4 is 11.9 Å². The highest BCUT2D eigenvalue weighted by Gasteiger charge is 2.06. The molecule has 0 aromatic heterocycles. The number of hydrogen-bond acceptors (Lipinski definition) is 3. The second-order valence-electron chi connectivity index (χ2n) is 3.16. The van der Waals surface area contributed by atoms with E-state index in [0.29, 0.717) is 0 Å². The van der Waals surface area contributed by atoms with Crippen molar-refractivity contribution in [2.45, 2.75) is 0 Å². The molecule has 2 aromatic rings. The molecule has 0 bridgehead atoms. The summed E-state index contributed by atoms with van der Waals surface area (Å²) in [6.45, 7) is 0. The molecule has 0 fully saturated rings. The maximum absolute atomic E-state index is 11.8. The van der Waals surface area contributed by atoms with Crippen LogP contribution in [0, 0.1) is 5.41 Å². The van der Waals surface area contributed by atoms with Crippen LogP contribution < -0.4 is 0 Å². The van der Waals surface area contributed by atoms with Gasteiger partial charge in [0.05, 0.1) is 0 Å². The fourth-order valence-corrected chi connectivity index (χ4v) is 1.35. The summed E-state index contributed by atoms with van der Waals surface area (Å²) >= 11 is 0. The minimum absolute atomic E-state index is 0.0752. The molecule has 1 N–H and O–H groups in total. The van der Waals surface area contributed by atoms with Gasteiger partial charge in [-0.15, -0.1) is 0 Å². The molecular formula is C14H11NO2. The van der Waals surface area contributed by atoms with Crippen molar-refractivity contribution in [1.29, 1.82) is 5.41 Å². The first-order valence-electron chi connectivity index (χ1n) is 4.98. The van der Waals surface area contributed by atoms with Crippen LogP contribution in [0.1, 0.15) is 15.9 Å². The van der Waals surface area contributed by atoms with E-state index >= 15 is 0 Å². The molecule has 0 spiro atoms. The monoisotopic (exact) mass is 225 g/mol. The molecule has 0 amide bonds. The van der Waals surface area contributed by atoms with Gasteiger partial charge < -0.3 is 0 Å². The van der Waals surface area contributed by atoms with Gasteiger partial charge in [0, 0.05) is 11.1 Å². The van der Waals surface area contributed by atoms with E-state index in [2.05, 4.69) is 0 Å². The van der Waals surface area contributed by atoms with Gasteiger partial charge in [0.15, 0.2) is 5.78 Å². The summed E-state index contributed by atoms with van der Waals surface area (Å²) in [6, 6.07) is 18.6. The lowest BCUT2D eigenvalue weighted by Crippen LogP contribution is -1.99. The Balaban J connectivity index is 0.000000437. The Bertz CT molecular complexity index is 459. The normalized spacial score (nSPS) is 8.47. The van der Waals surface area contributed by atoms with E-state index in [0.717, 1.165) is 17.2 Å². The second kappa shape index (κ2) is 6.88. The predicted octanol–water partition coefficient (Wildman–Crippen LogP) is 2.82. The number of rotatable bonds is 2. The first-order chi connectivity index (χ1) is 8.29. The van der Waals surface area contributed by atoms with Crippen LogP contribution in [-0.2, 0) is 4.79 Å². The number of isocyanates is 1. The van der Waals surface area contributed by atoms with Gasteiger partial charge in [-0.2, -0.15) is 0 Å². The predicted molar refractivity (Wildman–Crippen MR) is 64.7 cm³/mol. The van der Waals surface area contributed by atoms with E-state index in [-0.39, 0.29) is 5.78 Å². The summed E-state index contributed by atoms with van der Waals surface area (Å²) in [7, 11) is 0. The minimum Gasteiger partial charge on any atom is -0.289 e. The van der Waals surface area contributed by atoms with Crippen molar-refractivity contribution in [2.75, 3.05) is 0 Å². The van der Waals surface area contributed by atoms with E-state index in [9.17, 15) is 4.79 Å². The van der Waals surface area contributed by atoms with E-state index < -0.39 is 0 Å². The number of carbonyl (C=O) groups is 1. The fourth-order valence-electron chi connectivity index (χ4n) is 1.35. The smallest absolute Gasteiger partial charge is 0.231 e. The lowest BCUT2D eigenvalue weighted by molar-refractivity contribution is 0.103. The summed E-state index contributed by atoms with van der Waals surface area (Å²) < 4.78 is 0. The van der Waals surface area contributed by atoms with Crippen LogP contribution in [0.2, 0.25) is 0 Å². The van der Waals surface area contributed by atoms with Crippen molar-refractivity contribution in [1.82, 2.24) is 0 Å². The van der Waals surface area contributed by atoms with E-state index in [1.54, 1.807) is 0 Å². The first kappa shape index (κ1) is 12.6. The number of benzene rings is 2. The van der Waals surface area contributed by atoms with Crippen molar-refractivity contribution in [3.63, 3.8) is 0 Å². The Kier molecular flexibility index (Phi) is 5.08. The van der Waals surface area contributed by atoms with Crippen LogP contribution in [0.3, 0.4) is 0 Å². The molecule has 3 nitrogen and oxygen atoms in total. The van der Waals surface area contributed by atoms with Gasteiger partial charge in [0.2, 0.25) is 6.08 Å². The van der Waals surface area contributed by atoms with Gasteiger partial charge in [-0.3, -0.25) is 4.79 Å². The molecule has 0 saturated heterocycles. The Morgan fingerprint density at radius 2 is 1.12 bits per heavy atom. The van der Waals surface area contributed by atoms with Gasteiger partial charge in [0.25, 0.3) is 0 Å². The highest BCUT2D eigenvalue weighted by atomic mass is 16.1. The zero-order chi connectivity index (χ0) is 12.5. The van der Waals surface area contributed by atoms with E-state index in [1.807, 2.05) is 60.7 Å². The first-order valence-corrected chi connectivity index (χ1v) is 4.98. The molecule has 0 aliphatic rings. The molecular weight excluding hydrogens is 214 g/mol. The lowest BCUT2D eigenvalue weighted by Gasteiger charge is -1.99. The molecule has 0 radical (unpaired) electrons. The van der Waals surface area contributed by atoms with Crippen LogP contribution in [0.5, 0.6) is 0 Å². The van der Waals surface area contributed by atoms with Gasteiger partial charge in [-0.05, 0) is 0 Å². The standard InChI is InChI=1S/C13H10O.CHNO/c14-13(11-7-3-1-4-8-11)12-9-5-2-6-10-12;2-1-3/h1-10H;2H. The van der Waals surface area contributed by atoms with E-state index in [1.165, 1.54) is 0 Å². The molecule has 0 unspecified atom stereocenters. The molecule has 17 heavy (non-hydrogen) atoms. The maximum atomic E-state index is 11.8. The lowest BCUT2D eigenvalue weighted by atomic mass is 10.0. The van der Waals surface area contributed by atoms with Crippen LogP contribution in [0.15, 0.2) is 60.7 Å². The fraction of sp³-hybridized carbons (Fsp3) is 0. The molecule has 0 saturated carbocycles. The Morgan fingerprint density at radius 3 is 1.41 bits per heavy atom. The summed E-state index contributed by atoms with van der Waals surface area (Å²) in [4.78, 5) is 20.2. The number of carbonyl (C=O) groups excluding carboxylic acids is 2. The molecule has 3 heteroatoms. The highest BCUT2D eigenvalue weighted by molar-refractivity contribution is 6.08. The van der Waals surface area contributed by atoms with Crippen LogP contribution in [0.25, 0.3) is 0 Å². The minimum atomic E-state index is 0.0752. The third-order valence-corrected chi connectivity index (χ3v) is 2.07. The largest absolute Gasteiger partial charge is 0.289 e. The maximum Gasteiger partial charge on any atom is 0.231 e. The van der Waals surface area contributed by atoms with Crippen LogP contribution in [0.4, 0.5) is 0 Å². The molecule has 0 aliphatic carbocycles. The second-order valence-corrected chi connectivity index (χ2v) is 3.16. The van der Waals surface area contributed by atoms with Crippen molar-refractivity contribution in [3.05, 3.63) is 71.8 Å². The highest BCUT2D eigenvalue weighted by Crippen LogP contribution is 2.08. The number of ketones is 1. The average Bonchev–Trinajstić information content (AvgIpc) is 2.41. The van der Waals surface area contributed by atoms with Crippen molar-refractivity contribution in [2.24, 2.45) is 0 Å². The SMILES string of the molecule is N=C=O.O=C(c1ccccc1)c1ccccc1. The topological polar surface area (TPSA) is 58.0 Å². The summed E-state index contributed by atoms with van der Waals surface area (Å²) in [5.41, 5.74) is 1.47. The molecule has 0 atom stereocenters. The van der Waals surface area contributed by atoms with Gasteiger partial charge in [-0.25, -0.2) is 10.2 Å². The molecule has 0 aliphatic heterocycles. The quantitative estimate of drug-likeness (QED) is 0.485. The van der Waals surface area contributed by atoms with E-state index in [4.69, 9.17) is 10.2 Å². The van der Waals surface area contributed by atoms with Gasteiger partial charge in [-0.1, -0.05) is 60.7 Å². The summed E-state index contributed by atoms with van der Waals surface area (Å²) in [5, 5.41) is 5.40. The van der Waals surface area contributed by atoms with Gasteiger partial charge in [0.1, 0.15) is 0 Å². The Labute approximate surface area is 99.2 Å². The molecule has 2 rings (SSSR count). The molecule has 0 heterocycles. The third kappa shape index (κ3) is 3.86. The number of hydrogen-bond donors (Lipinski definition) is 1. The summed E-state index contributed by atoms with van der Waals surface area (Å²) in [5.74, 6) is 0.0752. The zero-order valence-corrected chi connectivity index (χ0v) is 9.09. The molecule has 84 valence electrons. The molecule has 2 aromatic carbocycles.